The third-order valence-electron chi connectivity index (χ3n) is 3.38. The largest absolute Gasteiger partial charge is 0.468 e. The van der Waals surface area contributed by atoms with E-state index in [1.807, 2.05) is 12.1 Å². The predicted molar refractivity (Wildman–Crippen MR) is 69.8 cm³/mol. The van der Waals surface area contributed by atoms with Crippen molar-refractivity contribution in [2.45, 2.75) is 52.1 Å². The van der Waals surface area contributed by atoms with Gasteiger partial charge in [0.1, 0.15) is 5.76 Å². The van der Waals surface area contributed by atoms with Crippen LogP contribution in [0, 0.1) is 5.92 Å². The second-order valence-electron chi connectivity index (χ2n) is 4.77. The lowest BCUT2D eigenvalue weighted by molar-refractivity contribution is 0.206. The van der Waals surface area contributed by atoms with Crippen LogP contribution in [0.1, 0.15) is 51.8 Å². The number of hydrogen-bond donors (Lipinski definition) is 2. The van der Waals surface area contributed by atoms with Crippen LogP contribution >= 0.6 is 0 Å². The van der Waals surface area contributed by atoms with E-state index in [0.717, 1.165) is 18.6 Å². The molecule has 0 aliphatic rings. The number of furan rings is 1. The molecule has 0 fully saturated rings. The molecule has 0 saturated heterocycles. The van der Waals surface area contributed by atoms with Crippen molar-refractivity contribution < 1.29 is 9.52 Å². The topological polar surface area (TPSA) is 45.4 Å². The summed E-state index contributed by atoms with van der Waals surface area (Å²) in [6, 6.07) is 4.12. The maximum Gasteiger partial charge on any atom is 0.123 e. The summed E-state index contributed by atoms with van der Waals surface area (Å²) in [4.78, 5) is 0. The van der Waals surface area contributed by atoms with E-state index in [2.05, 4.69) is 26.1 Å². The molecule has 0 radical (unpaired) electrons. The van der Waals surface area contributed by atoms with Gasteiger partial charge in [0.15, 0.2) is 0 Å². The van der Waals surface area contributed by atoms with Gasteiger partial charge in [-0.3, -0.25) is 0 Å². The van der Waals surface area contributed by atoms with E-state index in [-0.39, 0.29) is 12.6 Å². The van der Waals surface area contributed by atoms with Gasteiger partial charge < -0.3 is 14.8 Å². The van der Waals surface area contributed by atoms with Gasteiger partial charge in [-0.05, 0) is 30.9 Å². The van der Waals surface area contributed by atoms with Gasteiger partial charge in [-0.15, -0.1) is 0 Å². The smallest absolute Gasteiger partial charge is 0.123 e. The average molecular weight is 239 g/mol. The molecule has 1 aromatic heterocycles. The molecule has 0 aliphatic heterocycles. The number of aliphatic hydroxyl groups is 1. The number of nitrogens with one attached hydrogen (secondary N) is 1. The minimum absolute atomic E-state index is 0.0739. The monoisotopic (exact) mass is 239 g/mol. The van der Waals surface area contributed by atoms with Crippen molar-refractivity contribution in [3.63, 3.8) is 0 Å². The zero-order valence-electron chi connectivity index (χ0n) is 11.1. The Morgan fingerprint density at radius 3 is 2.59 bits per heavy atom. The Balaban J connectivity index is 2.53. The van der Waals surface area contributed by atoms with Crippen LogP contribution in [-0.4, -0.2) is 17.8 Å². The first-order chi connectivity index (χ1) is 8.21. The van der Waals surface area contributed by atoms with E-state index >= 15 is 0 Å². The molecule has 0 aliphatic carbocycles. The molecule has 0 bridgehead atoms. The molecule has 1 rings (SSSR count). The fourth-order valence-corrected chi connectivity index (χ4v) is 2.00. The van der Waals surface area contributed by atoms with E-state index < -0.39 is 0 Å². The van der Waals surface area contributed by atoms with Crippen LogP contribution in [0.4, 0.5) is 0 Å². The molecule has 0 spiro atoms. The van der Waals surface area contributed by atoms with Crippen molar-refractivity contribution in [1.29, 1.82) is 0 Å². The third-order valence-corrected chi connectivity index (χ3v) is 3.38. The Labute approximate surface area is 104 Å². The van der Waals surface area contributed by atoms with Crippen LogP contribution in [0.25, 0.3) is 0 Å². The first-order valence-corrected chi connectivity index (χ1v) is 6.61. The molecular formula is C14H25NO2. The zero-order valence-corrected chi connectivity index (χ0v) is 11.1. The van der Waals surface area contributed by atoms with Crippen LogP contribution in [0.15, 0.2) is 22.8 Å². The fraction of sp³-hybridized carbons (Fsp3) is 0.714. The lowest BCUT2D eigenvalue weighted by Gasteiger charge is -2.24. The predicted octanol–water partition coefficient (Wildman–Crippen LogP) is 3.12. The van der Waals surface area contributed by atoms with Crippen molar-refractivity contribution in [3.05, 3.63) is 24.2 Å². The fourth-order valence-electron chi connectivity index (χ4n) is 2.00. The summed E-state index contributed by atoms with van der Waals surface area (Å²) in [7, 11) is 0. The molecule has 1 heterocycles. The van der Waals surface area contributed by atoms with Gasteiger partial charge in [0, 0.05) is 6.04 Å². The molecule has 98 valence electrons. The average Bonchev–Trinajstić information content (AvgIpc) is 2.87. The highest BCUT2D eigenvalue weighted by molar-refractivity contribution is 5.04. The Hall–Kier alpha value is -0.800. The van der Waals surface area contributed by atoms with Gasteiger partial charge in [0.25, 0.3) is 0 Å². The van der Waals surface area contributed by atoms with Crippen LogP contribution in [-0.2, 0) is 0 Å². The van der Waals surface area contributed by atoms with Crippen molar-refractivity contribution in [2.75, 3.05) is 6.61 Å². The van der Waals surface area contributed by atoms with Crippen LogP contribution in [0.5, 0.6) is 0 Å². The summed E-state index contributed by atoms with van der Waals surface area (Å²) in [5.41, 5.74) is 0. The third kappa shape index (κ3) is 4.52. The van der Waals surface area contributed by atoms with Crippen molar-refractivity contribution >= 4 is 0 Å². The van der Waals surface area contributed by atoms with Gasteiger partial charge in [-0.2, -0.15) is 0 Å². The zero-order chi connectivity index (χ0) is 12.7. The molecular weight excluding hydrogens is 214 g/mol. The normalized spacial score (nSPS) is 16.7. The summed E-state index contributed by atoms with van der Waals surface area (Å²) in [5.74, 6) is 1.53. The molecule has 0 saturated carbocycles. The SMILES string of the molecule is CCC(C)CC(CC)NC(CO)c1ccco1. The summed E-state index contributed by atoms with van der Waals surface area (Å²) >= 11 is 0. The van der Waals surface area contributed by atoms with Crippen molar-refractivity contribution in [1.82, 2.24) is 5.32 Å². The van der Waals surface area contributed by atoms with Crippen LogP contribution in [0.2, 0.25) is 0 Å². The Morgan fingerprint density at radius 1 is 1.35 bits per heavy atom. The summed E-state index contributed by atoms with van der Waals surface area (Å²) < 4.78 is 5.34. The summed E-state index contributed by atoms with van der Waals surface area (Å²) in [6.07, 6.45) is 5.06. The lowest BCUT2D eigenvalue weighted by atomic mass is 9.97. The highest BCUT2D eigenvalue weighted by atomic mass is 16.3. The highest BCUT2D eigenvalue weighted by Crippen LogP contribution is 2.18. The van der Waals surface area contributed by atoms with E-state index in [0.29, 0.717) is 12.0 Å². The molecule has 0 aromatic carbocycles. The van der Waals surface area contributed by atoms with E-state index in [1.54, 1.807) is 6.26 Å². The van der Waals surface area contributed by atoms with Gasteiger partial charge in [-0.1, -0.05) is 27.2 Å². The minimum Gasteiger partial charge on any atom is -0.468 e. The second-order valence-corrected chi connectivity index (χ2v) is 4.77. The number of hydrogen-bond acceptors (Lipinski definition) is 3. The molecule has 3 atom stereocenters. The van der Waals surface area contributed by atoms with Gasteiger partial charge in [-0.25, -0.2) is 0 Å². The Bertz CT molecular complexity index is 284. The Morgan fingerprint density at radius 2 is 2.12 bits per heavy atom. The van der Waals surface area contributed by atoms with Crippen LogP contribution < -0.4 is 5.32 Å². The molecule has 2 N–H and O–H groups in total. The van der Waals surface area contributed by atoms with E-state index in [4.69, 9.17) is 4.42 Å². The first-order valence-electron chi connectivity index (χ1n) is 6.61. The molecule has 0 amide bonds. The minimum atomic E-state index is -0.0843. The maximum atomic E-state index is 9.41. The van der Waals surface area contributed by atoms with Gasteiger partial charge in [0.05, 0.1) is 18.9 Å². The van der Waals surface area contributed by atoms with Gasteiger partial charge in [0.2, 0.25) is 0 Å². The summed E-state index contributed by atoms with van der Waals surface area (Å²) in [6.45, 7) is 6.74. The first kappa shape index (κ1) is 14.3. The standard InChI is InChI=1S/C14H25NO2/c1-4-11(3)9-12(5-2)15-13(10-16)14-7-6-8-17-14/h6-8,11-13,15-16H,4-5,9-10H2,1-3H3. The van der Waals surface area contributed by atoms with Gasteiger partial charge >= 0.3 is 0 Å². The van der Waals surface area contributed by atoms with Crippen LogP contribution in [0.3, 0.4) is 0 Å². The highest BCUT2D eigenvalue weighted by Gasteiger charge is 2.18. The summed E-state index contributed by atoms with van der Waals surface area (Å²) in [5, 5.41) is 12.9. The second kappa shape index (κ2) is 7.51. The Kier molecular flexibility index (Phi) is 6.30. The molecule has 3 nitrogen and oxygen atoms in total. The van der Waals surface area contributed by atoms with Crippen molar-refractivity contribution in [3.8, 4) is 0 Å². The quantitative estimate of drug-likeness (QED) is 0.732. The molecule has 1 aromatic rings. The number of rotatable bonds is 8. The maximum absolute atomic E-state index is 9.41. The number of aliphatic hydroxyl groups excluding tert-OH is 1. The lowest BCUT2D eigenvalue weighted by Crippen LogP contribution is -2.35. The molecule has 3 heteroatoms. The van der Waals surface area contributed by atoms with Crippen molar-refractivity contribution in [2.24, 2.45) is 5.92 Å². The van der Waals surface area contributed by atoms with E-state index in [1.165, 1.54) is 6.42 Å². The molecule has 17 heavy (non-hydrogen) atoms. The van der Waals surface area contributed by atoms with E-state index in [9.17, 15) is 5.11 Å². The molecule has 3 unspecified atom stereocenters.